The summed E-state index contributed by atoms with van der Waals surface area (Å²) in [7, 11) is 1.94. The van der Waals surface area contributed by atoms with Gasteiger partial charge in [0.2, 0.25) is 5.78 Å². The van der Waals surface area contributed by atoms with E-state index in [1.807, 2.05) is 25.2 Å². The molecule has 0 heterocycles. The SMILES string of the molecule is CN(CCc1ccccc1)Cc1cc(O)c2c(c1Cl)CC1C[C@H]3CC(=O)C(C(N)=O)=C(O)[C@@]3(O)C(=O)C1=C2O. The predicted octanol–water partition coefficient (Wildman–Crippen LogP) is 2.75. The van der Waals surface area contributed by atoms with Crippen LogP contribution < -0.4 is 5.73 Å². The average Bonchev–Trinajstić information content (AvgIpc) is 2.88. The summed E-state index contributed by atoms with van der Waals surface area (Å²) < 4.78 is 0. The van der Waals surface area contributed by atoms with Gasteiger partial charge >= 0.3 is 0 Å². The molecule has 0 spiro atoms. The Balaban J connectivity index is 1.49. The molecule has 0 bridgehead atoms. The van der Waals surface area contributed by atoms with E-state index in [9.17, 15) is 34.8 Å². The number of fused-ring (bicyclic) bond motifs is 3. The number of hydrogen-bond acceptors (Lipinski definition) is 8. The Morgan fingerprint density at radius 1 is 1.15 bits per heavy atom. The minimum absolute atomic E-state index is 0.0113. The topological polar surface area (TPSA) is 161 Å². The number of rotatable bonds is 6. The third kappa shape index (κ3) is 4.30. The van der Waals surface area contributed by atoms with Crippen LogP contribution in [0, 0.1) is 11.8 Å². The lowest BCUT2D eigenvalue weighted by Gasteiger charge is -2.46. The third-order valence-electron chi connectivity index (χ3n) is 8.14. The maximum Gasteiger partial charge on any atom is 0.255 e. The van der Waals surface area contributed by atoms with E-state index in [2.05, 4.69) is 17.0 Å². The van der Waals surface area contributed by atoms with Crippen LogP contribution in [-0.4, -0.2) is 62.0 Å². The van der Waals surface area contributed by atoms with Crippen LogP contribution in [0.1, 0.15) is 35.1 Å². The van der Waals surface area contributed by atoms with E-state index in [4.69, 9.17) is 17.3 Å². The van der Waals surface area contributed by atoms with Gasteiger partial charge in [0.05, 0.1) is 5.56 Å². The van der Waals surface area contributed by atoms with Crippen molar-refractivity contribution >= 4 is 34.8 Å². The highest BCUT2D eigenvalue weighted by atomic mass is 35.5. The molecule has 1 fully saturated rings. The highest BCUT2D eigenvalue weighted by Gasteiger charge is 2.60. The van der Waals surface area contributed by atoms with Gasteiger partial charge in [-0.2, -0.15) is 0 Å². The molecule has 39 heavy (non-hydrogen) atoms. The Hall–Kier alpha value is -3.66. The van der Waals surface area contributed by atoms with Crippen LogP contribution in [0.3, 0.4) is 0 Å². The van der Waals surface area contributed by atoms with Crippen molar-refractivity contribution < 1.29 is 34.8 Å². The summed E-state index contributed by atoms with van der Waals surface area (Å²) in [4.78, 5) is 39.9. The van der Waals surface area contributed by atoms with E-state index < -0.39 is 52.0 Å². The van der Waals surface area contributed by atoms with Crippen LogP contribution >= 0.6 is 11.6 Å². The number of nitrogens with two attached hydrogens (primary N) is 1. The van der Waals surface area contributed by atoms with Gasteiger partial charge in [-0.15, -0.1) is 0 Å². The number of benzene rings is 2. The first-order chi connectivity index (χ1) is 18.4. The van der Waals surface area contributed by atoms with Gasteiger partial charge in [0, 0.05) is 36.0 Å². The van der Waals surface area contributed by atoms with E-state index in [0.29, 0.717) is 22.7 Å². The number of Topliss-reactive ketones (excluding diaryl/α,β-unsaturated/α-hetero) is 2. The zero-order valence-corrected chi connectivity index (χ0v) is 22.0. The molecule has 6 N–H and O–H groups in total. The number of aliphatic hydroxyl groups is 3. The van der Waals surface area contributed by atoms with Crippen molar-refractivity contribution in [1.82, 2.24) is 4.90 Å². The Bertz CT molecular complexity index is 1470. The molecule has 3 aliphatic rings. The second-order valence-corrected chi connectivity index (χ2v) is 11.0. The minimum atomic E-state index is -2.59. The number of amides is 1. The Morgan fingerprint density at radius 2 is 1.85 bits per heavy atom. The fourth-order valence-electron chi connectivity index (χ4n) is 6.17. The minimum Gasteiger partial charge on any atom is -0.508 e. The zero-order valence-electron chi connectivity index (χ0n) is 21.3. The first-order valence-corrected chi connectivity index (χ1v) is 13.1. The highest BCUT2D eigenvalue weighted by Crippen LogP contribution is 2.53. The molecular formula is C29H29ClN2O7. The van der Waals surface area contributed by atoms with Crippen LogP contribution in [0.2, 0.25) is 5.02 Å². The van der Waals surface area contributed by atoms with Crippen LogP contribution in [0.5, 0.6) is 5.75 Å². The molecule has 2 aromatic rings. The number of likely N-dealkylation sites (N-methyl/N-ethyl adjacent to an activating group) is 1. The van der Waals surface area contributed by atoms with E-state index in [-0.39, 0.29) is 36.1 Å². The van der Waals surface area contributed by atoms with Gasteiger partial charge in [-0.05, 0) is 55.0 Å². The van der Waals surface area contributed by atoms with Gasteiger partial charge < -0.3 is 31.1 Å². The number of carbonyl (C=O) groups excluding carboxylic acids is 3. The second kappa shape index (κ2) is 9.82. The van der Waals surface area contributed by atoms with Crippen molar-refractivity contribution in [2.45, 2.75) is 37.8 Å². The van der Waals surface area contributed by atoms with Gasteiger partial charge in [-0.1, -0.05) is 41.9 Å². The van der Waals surface area contributed by atoms with E-state index in [1.165, 1.54) is 11.6 Å². The lowest BCUT2D eigenvalue weighted by molar-refractivity contribution is -0.147. The number of carbonyl (C=O) groups is 3. The Morgan fingerprint density at radius 3 is 2.51 bits per heavy atom. The number of phenols is 1. The molecule has 3 atom stereocenters. The number of primary amides is 1. The molecule has 9 nitrogen and oxygen atoms in total. The first kappa shape index (κ1) is 26.9. The van der Waals surface area contributed by atoms with Crippen LogP contribution in [0.15, 0.2) is 53.3 Å². The highest BCUT2D eigenvalue weighted by molar-refractivity contribution is 6.32. The van der Waals surface area contributed by atoms with Gasteiger partial charge in [-0.3, -0.25) is 14.4 Å². The molecule has 0 aliphatic heterocycles. The van der Waals surface area contributed by atoms with Gasteiger partial charge in [0.1, 0.15) is 22.8 Å². The lowest BCUT2D eigenvalue weighted by Crippen LogP contribution is -2.58. The predicted molar refractivity (Wildman–Crippen MR) is 143 cm³/mol. The molecule has 0 aromatic heterocycles. The summed E-state index contributed by atoms with van der Waals surface area (Å²) >= 11 is 6.80. The second-order valence-electron chi connectivity index (χ2n) is 10.6. The standard InChI is InChI=1S/C29H29ClN2O7/c1-32(8-7-14-5-3-2-4-6-14)13-16-11-19(33)22-18(24(16)30)10-15-9-17-12-20(34)23(28(31)38)27(37)29(17,39)26(36)21(15)25(22)35/h2-6,11,15,17,33,35,37,39H,7-10,12-13H2,1H3,(H2,31,38)/t15?,17-,29-/m0/s1. The molecule has 204 valence electrons. The van der Waals surface area contributed by atoms with Crippen molar-refractivity contribution in [2.75, 3.05) is 13.6 Å². The molecule has 0 radical (unpaired) electrons. The first-order valence-electron chi connectivity index (χ1n) is 12.7. The van der Waals surface area contributed by atoms with Crippen LogP contribution in [-0.2, 0) is 33.8 Å². The molecule has 3 aliphatic carbocycles. The molecular weight excluding hydrogens is 524 g/mol. The monoisotopic (exact) mass is 552 g/mol. The number of halogens is 1. The largest absolute Gasteiger partial charge is 0.508 e. The molecule has 1 amide bonds. The maximum atomic E-state index is 13.6. The fraction of sp³-hybridized carbons (Fsp3) is 0.345. The van der Waals surface area contributed by atoms with E-state index >= 15 is 0 Å². The molecule has 2 aromatic carbocycles. The van der Waals surface area contributed by atoms with E-state index in [0.717, 1.165) is 13.0 Å². The number of phenolic OH excluding ortho intramolecular Hbond substituents is 1. The lowest BCUT2D eigenvalue weighted by atomic mass is 9.59. The zero-order chi connectivity index (χ0) is 28.2. The molecule has 1 saturated carbocycles. The van der Waals surface area contributed by atoms with Gasteiger partial charge in [-0.25, -0.2) is 0 Å². The van der Waals surface area contributed by atoms with Crippen LogP contribution in [0.25, 0.3) is 5.76 Å². The fourth-order valence-corrected chi connectivity index (χ4v) is 6.46. The smallest absolute Gasteiger partial charge is 0.255 e. The van der Waals surface area contributed by atoms with Crippen molar-refractivity contribution in [1.29, 1.82) is 0 Å². The number of aromatic hydroxyl groups is 1. The Labute approximate surface area is 229 Å². The maximum absolute atomic E-state index is 13.6. The van der Waals surface area contributed by atoms with Crippen molar-refractivity contribution in [3.05, 3.63) is 80.6 Å². The summed E-state index contributed by atoms with van der Waals surface area (Å²) in [6, 6.07) is 11.5. The summed E-state index contributed by atoms with van der Waals surface area (Å²) in [5.74, 6) is -6.62. The van der Waals surface area contributed by atoms with Crippen molar-refractivity contribution in [3.8, 4) is 5.75 Å². The summed E-state index contributed by atoms with van der Waals surface area (Å²) in [5, 5.41) is 44.4. The number of ketones is 2. The molecule has 5 rings (SSSR count). The average molecular weight is 553 g/mol. The van der Waals surface area contributed by atoms with Crippen molar-refractivity contribution in [2.24, 2.45) is 17.6 Å². The third-order valence-corrected chi connectivity index (χ3v) is 8.61. The number of hydrogen-bond donors (Lipinski definition) is 5. The normalized spacial score (nSPS) is 24.5. The van der Waals surface area contributed by atoms with Crippen LogP contribution in [0.4, 0.5) is 0 Å². The summed E-state index contributed by atoms with van der Waals surface area (Å²) in [6.45, 7) is 1.17. The quantitative estimate of drug-likeness (QED) is 0.342. The molecule has 1 unspecified atom stereocenters. The summed E-state index contributed by atoms with van der Waals surface area (Å²) in [5.41, 5.74) is 3.92. The van der Waals surface area contributed by atoms with E-state index in [1.54, 1.807) is 0 Å². The van der Waals surface area contributed by atoms with Crippen molar-refractivity contribution in [3.63, 3.8) is 0 Å². The van der Waals surface area contributed by atoms with Gasteiger partial charge in [0.15, 0.2) is 11.4 Å². The van der Waals surface area contributed by atoms with Gasteiger partial charge in [0.25, 0.3) is 5.91 Å². The Kier molecular flexibility index (Phi) is 6.78. The number of nitrogens with zero attached hydrogens (tertiary/aromatic N) is 1. The molecule has 10 heteroatoms. The number of aliphatic hydroxyl groups excluding tert-OH is 2. The summed E-state index contributed by atoms with van der Waals surface area (Å²) in [6.07, 6.45) is 0.682. The molecule has 0 saturated heterocycles.